The summed E-state index contributed by atoms with van der Waals surface area (Å²) in [5.74, 6) is 0.412. The molecule has 0 aliphatic carbocycles. The van der Waals surface area contributed by atoms with E-state index in [0.29, 0.717) is 5.78 Å². The maximum Gasteiger partial charge on any atom is 0.132 e. The normalized spacial score (nSPS) is 8.22. The molecule has 2 heteroatoms. The van der Waals surface area contributed by atoms with Crippen LogP contribution in [0.5, 0.6) is 0 Å². The molecule has 0 spiro atoms. The van der Waals surface area contributed by atoms with E-state index >= 15 is 0 Å². The maximum atomic E-state index is 10.6. The smallest absolute Gasteiger partial charge is 0.132 e. The Morgan fingerprint density at radius 2 is 1.44 bits per heavy atom. The number of carbonyl (C=O) groups excluding carboxylic acids is 1. The molecule has 0 aliphatic heterocycles. The molecular weight excluding hydrogens is 164 g/mol. The molecule has 0 aromatic rings. The molecule has 0 aromatic heterocycles. The van der Waals surface area contributed by atoms with Crippen LogP contribution < -0.4 is 0 Å². The van der Waals surface area contributed by atoms with Gasteiger partial charge in [-0.05, 0) is 12.8 Å². The van der Waals surface area contributed by atoms with Gasteiger partial charge in [0, 0.05) is 29.9 Å². The van der Waals surface area contributed by atoms with E-state index in [1.807, 2.05) is 13.8 Å². The van der Waals surface area contributed by atoms with Crippen molar-refractivity contribution in [3.8, 4) is 0 Å². The summed E-state index contributed by atoms with van der Waals surface area (Å²) in [4.78, 5) is 10.6. The molecule has 59 valence electrons. The summed E-state index contributed by atoms with van der Waals surface area (Å²) in [6.45, 7) is 4.07. The number of Topliss-reactive ketones (excluding diaryl/α,β-unsaturated/α-hetero) is 1. The summed E-state index contributed by atoms with van der Waals surface area (Å²) in [7, 11) is 0. The Labute approximate surface area is 67.7 Å². The predicted octanol–water partition coefficient (Wildman–Crippen LogP) is 2.15. The quantitative estimate of drug-likeness (QED) is 0.602. The maximum absolute atomic E-state index is 10.6. The van der Waals surface area contributed by atoms with E-state index in [2.05, 4.69) is 0 Å². The minimum Gasteiger partial charge on any atom is -0.300 e. The molecule has 0 saturated carbocycles. The molecule has 0 fully saturated rings. The van der Waals surface area contributed by atoms with Crippen LogP contribution in [0.2, 0.25) is 0 Å². The predicted molar refractivity (Wildman–Crippen MR) is 34.8 cm³/mol. The Morgan fingerprint density at radius 1 is 1.11 bits per heavy atom. The molecule has 1 radical (unpaired) electrons. The minimum atomic E-state index is 0. The van der Waals surface area contributed by atoms with Crippen LogP contribution in [0.3, 0.4) is 0 Å². The van der Waals surface area contributed by atoms with E-state index < -0.39 is 0 Å². The average molecular weight is 178 g/mol. The topological polar surface area (TPSA) is 17.1 Å². The van der Waals surface area contributed by atoms with Gasteiger partial charge in [-0.15, -0.1) is 0 Å². The summed E-state index contributed by atoms with van der Waals surface area (Å²) in [6, 6.07) is 0. The molecule has 0 N–H and O–H groups in total. The molecule has 9 heavy (non-hydrogen) atoms. The molecule has 0 aromatic carbocycles. The van der Waals surface area contributed by atoms with Crippen LogP contribution >= 0.6 is 0 Å². The molecule has 0 aliphatic rings. The average Bonchev–Trinajstić information content (AvgIpc) is 1.68. The first-order valence-corrected chi connectivity index (χ1v) is 3.33. The molecule has 0 atom stereocenters. The van der Waals surface area contributed by atoms with Crippen LogP contribution in [0.25, 0.3) is 0 Å². The van der Waals surface area contributed by atoms with Gasteiger partial charge in [0.2, 0.25) is 0 Å². The zero-order valence-electron chi connectivity index (χ0n) is 6.04. The third-order valence-corrected chi connectivity index (χ3v) is 1.06. The van der Waals surface area contributed by atoms with Crippen molar-refractivity contribution in [2.45, 2.75) is 39.5 Å². The summed E-state index contributed by atoms with van der Waals surface area (Å²) < 4.78 is 0. The van der Waals surface area contributed by atoms with E-state index in [0.717, 1.165) is 25.7 Å². The van der Waals surface area contributed by atoms with Crippen molar-refractivity contribution >= 4 is 5.78 Å². The van der Waals surface area contributed by atoms with Crippen molar-refractivity contribution in [3.05, 3.63) is 0 Å². The zero-order chi connectivity index (χ0) is 6.41. The van der Waals surface area contributed by atoms with Crippen LogP contribution in [0.15, 0.2) is 0 Å². The molecular formula is C7H14CuO. The van der Waals surface area contributed by atoms with Gasteiger partial charge in [0.1, 0.15) is 5.78 Å². The van der Waals surface area contributed by atoms with Gasteiger partial charge >= 0.3 is 0 Å². The summed E-state index contributed by atoms with van der Waals surface area (Å²) in [6.07, 6.45) is 3.54. The van der Waals surface area contributed by atoms with E-state index in [4.69, 9.17) is 0 Å². The molecule has 0 bridgehead atoms. The zero-order valence-corrected chi connectivity index (χ0v) is 6.98. The fourth-order valence-corrected chi connectivity index (χ4v) is 0.683. The van der Waals surface area contributed by atoms with Gasteiger partial charge in [-0.2, -0.15) is 0 Å². The van der Waals surface area contributed by atoms with Crippen molar-refractivity contribution in [2.75, 3.05) is 0 Å². The number of ketones is 1. The first-order chi connectivity index (χ1) is 3.81. The van der Waals surface area contributed by atoms with E-state index in [-0.39, 0.29) is 17.1 Å². The Hall–Kier alpha value is 0.189. The molecule has 0 saturated heterocycles. The second-order valence-corrected chi connectivity index (χ2v) is 2.04. The largest absolute Gasteiger partial charge is 0.300 e. The Kier molecular flexibility index (Phi) is 10.8. The van der Waals surface area contributed by atoms with Gasteiger partial charge in [-0.3, -0.25) is 4.79 Å². The second kappa shape index (κ2) is 8.19. The first kappa shape index (κ1) is 11.9. The molecule has 1 nitrogen and oxygen atoms in total. The summed E-state index contributed by atoms with van der Waals surface area (Å²) in [5, 5.41) is 0. The fraction of sp³-hybridized carbons (Fsp3) is 0.857. The Bertz CT molecular complexity index is 63.3. The standard InChI is InChI=1S/C7H14O.Cu/c1-3-5-7(8)6-4-2;/h3-6H2,1-2H3;. The third-order valence-electron chi connectivity index (χ3n) is 1.06. The second-order valence-electron chi connectivity index (χ2n) is 2.04. The van der Waals surface area contributed by atoms with Crippen molar-refractivity contribution in [1.29, 1.82) is 0 Å². The van der Waals surface area contributed by atoms with E-state index in [9.17, 15) is 4.79 Å². The van der Waals surface area contributed by atoms with E-state index in [1.165, 1.54) is 0 Å². The van der Waals surface area contributed by atoms with Crippen molar-refractivity contribution < 1.29 is 21.9 Å². The van der Waals surface area contributed by atoms with Gasteiger partial charge in [0.05, 0.1) is 0 Å². The van der Waals surface area contributed by atoms with Gasteiger partial charge in [0.25, 0.3) is 0 Å². The van der Waals surface area contributed by atoms with E-state index in [1.54, 1.807) is 0 Å². The third kappa shape index (κ3) is 8.19. The fourth-order valence-electron chi connectivity index (χ4n) is 0.683. The number of rotatable bonds is 4. The number of carbonyl (C=O) groups is 1. The van der Waals surface area contributed by atoms with Gasteiger partial charge in [0.15, 0.2) is 0 Å². The van der Waals surface area contributed by atoms with Crippen molar-refractivity contribution in [1.82, 2.24) is 0 Å². The molecule has 0 amide bonds. The van der Waals surface area contributed by atoms with Crippen LogP contribution in [0, 0.1) is 0 Å². The monoisotopic (exact) mass is 177 g/mol. The van der Waals surface area contributed by atoms with Gasteiger partial charge in [-0.25, -0.2) is 0 Å². The minimum absolute atomic E-state index is 0. The number of hydrogen-bond donors (Lipinski definition) is 0. The molecule has 0 rings (SSSR count). The van der Waals surface area contributed by atoms with Crippen LogP contribution in [-0.4, -0.2) is 5.78 Å². The number of hydrogen-bond acceptors (Lipinski definition) is 1. The van der Waals surface area contributed by atoms with Crippen molar-refractivity contribution in [3.63, 3.8) is 0 Å². The van der Waals surface area contributed by atoms with Crippen molar-refractivity contribution in [2.24, 2.45) is 0 Å². The van der Waals surface area contributed by atoms with Crippen LogP contribution in [-0.2, 0) is 21.9 Å². The Morgan fingerprint density at radius 3 is 1.67 bits per heavy atom. The summed E-state index contributed by atoms with van der Waals surface area (Å²) in [5.41, 5.74) is 0. The van der Waals surface area contributed by atoms with Gasteiger partial charge < -0.3 is 0 Å². The van der Waals surface area contributed by atoms with Gasteiger partial charge in [-0.1, -0.05) is 13.8 Å². The van der Waals surface area contributed by atoms with Crippen LogP contribution in [0.4, 0.5) is 0 Å². The Balaban J connectivity index is 0. The van der Waals surface area contributed by atoms with Crippen LogP contribution in [0.1, 0.15) is 39.5 Å². The molecule has 0 unspecified atom stereocenters. The first-order valence-electron chi connectivity index (χ1n) is 3.33. The SMILES string of the molecule is CCCC(=O)CCC.[Cu]. The summed E-state index contributed by atoms with van der Waals surface area (Å²) >= 11 is 0. The molecule has 0 heterocycles.